The SMILES string of the molecule is CCOC(=O)C(F)C1(O)CCCCC1(C)C. The fourth-order valence-electron chi connectivity index (χ4n) is 2.40. The number of carbonyl (C=O) groups is 1. The Hall–Kier alpha value is -0.640. The van der Waals surface area contributed by atoms with Crippen molar-refractivity contribution < 1.29 is 19.0 Å². The van der Waals surface area contributed by atoms with Crippen LogP contribution in [0.3, 0.4) is 0 Å². The van der Waals surface area contributed by atoms with Crippen LogP contribution in [0.15, 0.2) is 0 Å². The zero-order chi connectivity index (χ0) is 12.4. The molecule has 1 fully saturated rings. The van der Waals surface area contributed by atoms with Crippen LogP contribution in [0, 0.1) is 5.41 Å². The lowest BCUT2D eigenvalue weighted by Gasteiger charge is -2.47. The maximum atomic E-state index is 14.0. The summed E-state index contributed by atoms with van der Waals surface area (Å²) in [5.74, 6) is -0.944. The molecule has 3 nitrogen and oxygen atoms in total. The second-order valence-electron chi connectivity index (χ2n) is 5.13. The number of hydrogen-bond donors (Lipinski definition) is 1. The van der Waals surface area contributed by atoms with Gasteiger partial charge < -0.3 is 9.84 Å². The van der Waals surface area contributed by atoms with E-state index in [1.54, 1.807) is 20.8 Å². The summed E-state index contributed by atoms with van der Waals surface area (Å²) in [7, 11) is 0. The van der Waals surface area contributed by atoms with E-state index in [2.05, 4.69) is 4.74 Å². The van der Waals surface area contributed by atoms with E-state index in [4.69, 9.17) is 0 Å². The molecule has 0 spiro atoms. The number of halogens is 1. The van der Waals surface area contributed by atoms with Crippen LogP contribution < -0.4 is 0 Å². The Morgan fingerprint density at radius 3 is 2.50 bits per heavy atom. The Labute approximate surface area is 96.0 Å². The first kappa shape index (κ1) is 13.4. The number of carbonyl (C=O) groups excluding carboxylic acids is 1. The molecule has 0 radical (unpaired) electrons. The Kier molecular flexibility index (Phi) is 3.94. The lowest BCUT2D eigenvalue weighted by molar-refractivity contribution is -0.182. The summed E-state index contributed by atoms with van der Waals surface area (Å²) in [6, 6.07) is 0. The van der Waals surface area contributed by atoms with Crippen LogP contribution in [-0.4, -0.2) is 29.5 Å². The van der Waals surface area contributed by atoms with Crippen LogP contribution in [-0.2, 0) is 9.53 Å². The monoisotopic (exact) mass is 232 g/mol. The van der Waals surface area contributed by atoms with Crippen LogP contribution in [0.25, 0.3) is 0 Å². The summed E-state index contributed by atoms with van der Waals surface area (Å²) in [4.78, 5) is 11.4. The fraction of sp³-hybridized carbons (Fsp3) is 0.917. The highest BCUT2D eigenvalue weighted by molar-refractivity contribution is 5.76. The fourth-order valence-corrected chi connectivity index (χ4v) is 2.40. The van der Waals surface area contributed by atoms with Gasteiger partial charge in [-0.15, -0.1) is 0 Å². The first-order valence-electron chi connectivity index (χ1n) is 5.88. The van der Waals surface area contributed by atoms with Gasteiger partial charge in [0.15, 0.2) is 0 Å². The van der Waals surface area contributed by atoms with E-state index in [0.717, 1.165) is 19.3 Å². The molecule has 0 aromatic rings. The summed E-state index contributed by atoms with van der Waals surface area (Å²) >= 11 is 0. The third-order valence-corrected chi connectivity index (χ3v) is 3.69. The molecule has 0 aliphatic heterocycles. The van der Waals surface area contributed by atoms with Gasteiger partial charge in [-0.25, -0.2) is 9.18 Å². The predicted octanol–water partition coefficient (Wildman–Crippen LogP) is 2.22. The molecular formula is C12H21FO3. The van der Waals surface area contributed by atoms with Crippen molar-refractivity contribution in [1.29, 1.82) is 0 Å². The van der Waals surface area contributed by atoms with Gasteiger partial charge >= 0.3 is 5.97 Å². The molecule has 0 aromatic heterocycles. The zero-order valence-corrected chi connectivity index (χ0v) is 10.3. The Morgan fingerprint density at radius 2 is 2.00 bits per heavy atom. The molecule has 0 amide bonds. The summed E-state index contributed by atoms with van der Waals surface area (Å²) in [6.07, 6.45) is 0.816. The summed E-state index contributed by atoms with van der Waals surface area (Å²) < 4.78 is 18.7. The van der Waals surface area contributed by atoms with Gasteiger partial charge in [0.1, 0.15) is 5.60 Å². The second kappa shape index (κ2) is 4.70. The highest BCUT2D eigenvalue weighted by Gasteiger charge is 2.54. The van der Waals surface area contributed by atoms with Gasteiger partial charge in [0.25, 0.3) is 0 Å². The highest BCUT2D eigenvalue weighted by Crippen LogP contribution is 2.46. The molecule has 1 aliphatic rings. The average Bonchev–Trinajstić information content (AvgIpc) is 2.21. The van der Waals surface area contributed by atoms with Gasteiger partial charge in [-0.3, -0.25) is 0 Å². The van der Waals surface area contributed by atoms with Crippen molar-refractivity contribution in [2.45, 2.75) is 58.2 Å². The smallest absolute Gasteiger partial charge is 0.343 e. The van der Waals surface area contributed by atoms with Gasteiger partial charge in [0.05, 0.1) is 6.61 Å². The Morgan fingerprint density at radius 1 is 1.44 bits per heavy atom. The third kappa shape index (κ3) is 2.21. The van der Waals surface area contributed by atoms with Crippen molar-refractivity contribution in [1.82, 2.24) is 0 Å². The summed E-state index contributed by atoms with van der Waals surface area (Å²) in [5, 5.41) is 10.4. The molecule has 94 valence electrons. The van der Waals surface area contributed by atoms with E-state index in [1.165, 1.54) is 0 Å². The highest BCUT2D eigenvalue weighted by atomic mass is 19.1. The number of rotatable bonds is 3. The summed E-state index contributed by atoms with van der Waals surface area (Å²) in [6.45, 7) is 5.37. The zero-order valence-electron chi connectivity index (χ0n) is 10.3. The van der Waals surface area contributed by atoms with Gasteiger partial charge in [0, 0.05) is 0 Å². The number of alkyl halides is 1. The van der Waals surface area contributed by atoms with Crippen LogP contribution in [0.4, 0.5) is 4.39 Å². The first-order valence-corrected chi connectivity index (χ1v) is 5.88. The molecule has 2 atom stereocenters. The van der Waals surface area contributed by atoms with Crippen molar-refractivity contribution in [2.75, 3.05) is 6.61 Å². The largest absolute Gasteiger partial charge is 0.464 e. The maximum Gasteiger partial charge on any atom is 0.343 e. The lowest BCUT2D eigenvalue weighted by atomic mass is 9.63. The molecule has 1 rings (SSSR count). The molecule has 2 unspecified atom stereocenters. The standard InChI is InChI=1S/C12H21FO3/c1-4-16-10(14)9(13)12(15)8-6-5-7-11(12,2)3/h9,15H,4-8H2,1-3H3. The van der Waals surface area contributed by atoms with Crippen LogP contribution in [0.5, 0.6) is 0 Å². The van der Waals surface area contributed by atoms with Crippen molar-refractivity contribution >= 4 is 5.97 Å². The molecule has 1 aliphatic carbocycles. The van der Waals surface area contributed by atoms with E-state index in [1.807, 2.05) is 0 Å². The van der Waals surface area contributed by atoms with Crippen molar-refractivity contribution in [3.63, 3.8) is 0 Å². The number of hydrogen-bond acceptors (Lipinski definition) is 3. The normalized spacial score (nSPS) is 30.8. The van der Waals surface area contributed by atoms with Crippen LogP contribution in [0.2, 0.25) is 0 Å². The van der Waals surface area contributed by atoms with E-state index in [-0.39, 0.29) is 6.61 Å². The average molecular weight is 232 g/mol. The van der Waals surface area contributed by atoms with Gasteiger partial charge in [-0.05, 0) is 25.2 Å². The molecule has 1 saturated carbocycles. The van der Waals surface area contributed by atoms with Gasteiger partial charge in [-0.1, -0.05) is 26.7 Å². The van der Waals surface area contributed by atoms with E-state index < -0.39 is 23.2 Å². The van der Waals surface area contributed by atoms with Crippen molar-refractivity contribution in [2.24, 2.45) is 5.41 Å². The molecule has 1 N–H and O–H groups in total. The third-order valence-electron chi connectivity index (χ3n) is 3.69. The number of esters is 1. The van der Waals surface area contributed by atoms with Crippen LogP contribution >= 0.6 is 0 Å². The van der Waals surface area contributed by atoms with E-state index >= 15 is 0 Å². The maximum absolute atomic E-state index is 14.0. The van der Waals surface area contributed by atoms with Crippen LogP contribution in [0.1, 0.15) is 46.5 Å². The molecule has 4 heteroatoms. The van der Waals surface area contributed by atoms with Gasteiger partial charge in [0.2, 0.25) is 6.17 Å². The minimum Gasteiger partial charge on any atom is -0.464 e. The topological polar surface area (TPSA) is 46.5 Å². The predicted molar refractivity (Wildman–Crippen MR) is 58.7 cm³/mol. The Bertz CT molecular complexity index is 265. The molecular weight excluding hydrogens is 211 g/mol. The number of aliphatic hydroxyl groups is 1. The van der Waals surface area contributed by atoms with Crippen molar-refractivity contribution in [3.05, 3.63) is 0 Å². The molecule has 16 heavy (non-hydrogen) atoms. The van der Waals surface area contributed by atoms with Gasteiger partial charge in [-0.2, -0.15) is 0 Å². The molecule has 0 bridgehead atoms. The Balaban J connectivity index is 2.85. The quantitative estimate of drug-likeness (QED) is 0.759. The van der Waals surface area contributed by atoms with E-state index in [0.29, 0.717) is 6.42 Å². The van der Waals surface area contributed by atoms with E-state index in [9.17, 15) is 14.3 Å². The minimum atomic E-state index is -1.94. The second-order valence-corrected chi connectivity index (χ2v) is 5.13. The molecule has 0 saturated heterocycles. The first-order chi connectivity index (χ1) is 7.35. The summed E-state index contributed by atoms with van der Waals surface area (Å²) in [5.41, 5.74) is -2.17. The minimum absolute atomic E-state index is 0.135. The molecule has 0 heterocycles. The lowest BCUT2D eigenvalue weighted by Crippen LogP contribution is -2.56. The van der Waals surface area contributed by atoms with Crippen molar-refractivity contribution in [3.8, 4) is 0 Å². The molecule has 0 aromatic carbocycles. The number of ether oxygens (including phenoxy) is 1.